The Hall–Kier alpha value is -1.58. The van der Waals surface area contributed by atoms with Crippen molar-refractivity contribution in [3.63, 3.8) is 0 Å². The molecule has 1 aliphatic heterocycles. The number of carbonyl (C=O) groups is 1. The molecule has 0 spiro atoms. The largest absolute Gasteiger partial charge is 0.356 e. The molecule has 16 heavy (non-hydrogen) atoms. The van der Waals surface area contributed by atoms with Crippen LogP contribution in [0.4, 0.5) is 5.82 Å². The summed E-state index contributed by atoms with van der Waals surface area (Å²) in [5, 5.41) is 2.97. The SMILES string of the molecule is CC(=O)NC1CCN(c2ccccn2)CC1. The third-order valence-electron chi connectivity index (χ3n) is 2.88. The zero-order valence-electron chi connectivity index (χ0n) is 9.52. The number of hydrogen-bond acceptors (Lipinski definition) is 3. The van der Waals surface area contributed by atoms with Gasteiger partial charge in [-0.2, -0.15) is 0 Å². The monoisotopic (exact) mass is 219 g/mol. The molecule has 0 saturated carbocycles. The van der Waals surface area contributed by atoms with Crippen molar-refractivity contribution in [2.75, 3.05) is 18.0 Å². The number of carbonyl (C=O) groups excluding carboxylic acids is 1. The van der Waals surface area contributed by atoms with Gasteiger partial charge in [0.2, 0.25) is 5.91 Å². The van der Waals surface area contributed by atoms with E-state index in [1.165, 1.54) is 0 Å². The Balaban J connectivity index is 1.88. The number of nitrogens with one attached hydrogen (secondary N) is 1. The van der Waals surface area contributed by atoms with Crippen molar-refractivity contribution in [2.45, 2.75) is 25.8 Å². The molecular weight excluding hydrogens is 202 g/mol. The highest BCUT2D eigenvalue weighted by Crippen LogP contribution is 2.16. The highest BCUT2D eigenvalue weighted by Gasteiger charge is 2.20. The van der Waals surface area contributed by atoms with E-state index in [0.717, 1.165) is 31.7 Å². The third-order valence-corrected chi connectivity index (χ3v) is 2.88. The van der Waals surface area contributed by atoms with Crippen LogP contribution in [0.2, 0.25) is 0 Å². The molecule has 1 aliphatic rings. The van der Waals surface area contributed by atoms with E-state index < -0.39 is 0 Å². The van der Waals surface area contributed by atoms with Crippen molar-refractivity contribution >= 4 is 11.7 Å². The normalized spacial score (nSPS) is 17.2. The molecule has 1 fully saturated rings. The van der Waals surface area contributed by atoms with E-state index in [1.807, 2.05) is 24.4 Å². The first kappa shape index (κ1) is 10.9. The summed E-state index contributed by atoms with van der Waals surface area (Å²) < 4.78 is 0. The van der Waals surface area contributed by atoms with Gasteiger partial charge in [0.15, 0.2) is 0 Å². The topological polar surface area (TPSA) is 45.2 Å². The fourth-order valence-corrected chi connectivity index (χ4v) is 2.08. The van der Waals surface area contributed by atoms with Crippen LogP contribution in [0.15, 0.2) is 24.4 Å². The van der Waals surface area contributed by atoms with Crippen LogP contribution >= 0.6 is 0 Å². The molecule has 86 valence electrons. The van der Waals surface area contributed by atoms with Crippen LogP contribution < -0.4 is 10.2 Å². The summed E-state index contributed by atoms with van der Waals surface area (Å²) in [5.74, 6) is 1.10. The van der Waals surface area contributed by atoms with Crippen LogP contribution in [0.25, 0.3) is 0 Å². The predicted octanol–water partition coefficient (Wildman–Crippen LogP) is 1.19. The van der Waals surface area contributed by atoms with Gasteiger partial charge in [0, 0.05) is 32.3 Å². The van der Waals surface area contributed by atoms with Gasteiger partial charge in [-0.25, -0.2) is 4.98 Å². The number of aromatic nitrogens is 1. The molecule has 1 aromatic heterocycles. The van der Waals surface area contributed by atoms with Gasteiger partial charge in [-0.3, -0.25) is 4.79 Å². The summed E-state index contributed by atoms with van der Waals surface area (Å²) in [4.78, 5) is 17.5. The molecule has 1 N–H and O–H groups in total. The molecule has 0 atom stereocenters. The Morgan fingerprint density at radius 1 is 1.44 bits per heavy atom. The van der Waals surface area contributed by atoms with Crippen molar-refractivity contribution in [1.82, 2.24) is 10.3 Å². The number of amides is 1. The molecule has 4 nitrogen and oxygen atoms in total. The zero-order valence-corrected chi connectivity index (χ0v) is 9.52. The Kier molecular flexibility index (Phi) is 3.39. The second kappa shape index (κ2) is 4.96. The second-order valence-electron chi connectivity index (χ2n) is 4.15. The second-order valence-corrected chi connectivity index (χ2v) is 4.15. The van der Waals surface area contributed by atoms with Gasteiger partial charge in [-0.1, -0.05) is 6.07 Å². The van der Waals surface area contributed by atoms with E-state index in [9.17, 15) is 4.79 Å². The van der Waals surface area contributed by atoms with Crippen LogP contribution in [0.1, 0.15) is 19.8 Å². The molecule has 0 aliphatic carbocycles. The first-order chi connectivity index (χ1) is 7.75. The highest BCUT2D eigenvalue weighted by atomic mass is 16.1. The number of piperidine rings is 1. The lowest BCUT2D eigenvalue weighted by molar-refractivity contribution is -0.119. The van der Waals surface area contributed by atoms with Crippen LogP contribution in [-0.2, 0) is 4.79 Å². The van der Waals surface area contributed by atoms with Gasteiger partial charge in [0.05, 0.1) is 0 Å². The Bertz CT molecular complexity index is 345. The fourth-order valence-electron chi connectivity index (χ4n) is 2.08. The first-order valence-corrected chi connectivity index (χ1v) is 5.69. The maximum atomic E-state index is 10.9. The molecule has 1 amide bonds. The average molecular weight is 219 g/mol. The highest BCUT2D eigenvalue weighted by molar-refractivity contribution is 5.73. The number of rotatable bonds is 2. The molecule has 0 bridgehead atoms. The summed E-state index contributed by atoms with van der Waals surface area (Å²) in [5.41, 5.74) is 0. The van der Waals surface area contributed by atoms with Crippen LogP contribution in [0.5, 0.6) is 0 Å². The van der Waals surface area contributed by atoms with Gasteiger partial charge in [-0.15, -0.1) is 0 Å². The first-order valence-electron chi connectivity index (χ1n) is 5.69. The minimum Gasteiger partial charge on any atom is -0.356 e. The Morgan fingerprint density at radius 2 is 2.19 bits per heavy atom. The standard InChI is InChI=1S/C12H17N3O/c1-10(16)14-11-5-8-15(9-6-11)12-4-2-3-7-13-12/h2-4,7,11H,5-6,8-9H2,1H3,(H,14,16). The summed E-state index contributed by atoms with van der Waals surface area (Å²) in [6, 6.07) is 6.28. The quantitative estimate of drug-likeness (QED) is 0.812. The minimum atomic E-state index is 0.0660. The molecule has 4 heteroatoms. The third kappa shape index (κ3) is 2.72. The average Bonchev–Trinajstić information content (AvgIpc) is 2.30. The number of pyridine rings is 1. The van der Waals surface area contributed by atoms with Crippen molar-refractivity contribution < 1.29 is 4.79 Å². The molecule has 0 unspecified atom stereocenters. The zero-order chi connectivity index (χ0) is 11.4. The van der Waals surface area contributed by atoms with E-state index in [-0.39, 0.29) is 5.91 Å². The number of anilines is 1. The van der Waals surface area contributed by atoms with Crippen LogP contribution in [0.3, 0.4) is 0 Å². The van der Waals surface area contributed by atoms with E-state index in [1.54, 1.807) is 6.92 Å². The molecule has 0 radical (unpaired) electrons. The van der Waals surface area contributed by atoms with Crippen LogP contribution in [0, 0.1) is 0 Å². The van der Waals surface area contributed by atoms with Crippen molar-refractivity contribution in [1.29, 1.82) is 0 Å². The summed E-state index contributed by atoms with van der Waals surface area (Å²) in [6.07, 6.45) is 3.81. The summed E-state index contributed by atoms with van der Waals surface area (Å²) in [7, 11) is 0. The fraction of sp³-hybridized carbons (Fsp3) is 0.500. The Morgan fingerprint density at radius 3 is 2.75 bits per heavy atom. The van der Waals surface area contributed by atoms with Gasteiger partial charge < -0.3 is 10.2 Å². The molecule has 1 aromatic rings. The lowest BCUT2D eigenvalue weighted by Crippen LogP contribution is -2.44. The molecular formula is C12H17N3O. The smallest absolute Gasteiger partial charge is 0.217 e. The maximum absolute atomic E-state index is 10.9. The van der Waals surface area contributed by atoms with Crippen molar-refractivity contribution in [2.24, 2.45) is 0 Å². The van der Waals surface area contributed by atoms with Crippen molar-refractivity contribution in [3.8, 4) is 0 Å². The maximum Gasteiger partial charge on any atom is 0.217 e. The van der Waals surface area contributed by atoms with Gasteiger partial charge >= 0.3 is 0 Å². The van der Waals surface area contributed by atoms with E-state index in [4.69, 9.17) is 0 Å². The van der Waals surface area contributed by atoms with Crippen LogP contribution in [-0.4, -0.2) is 30.0 Å². The van der Waals surface area contributed by atoms with Gasteiger partial charge in [-0.05, 0) is 25.0 Å². The van der Waals surface area contributed by atoms with Crippen molar-refractivity contribution in [3.05, 3.63) is 24.4 Å². The van der Waals surface area contributed by atoms with E-state index >= 15 is 0 Å². The van der Waals surface area contributed by atoms with Gasteiger partial charge in [0.25, 0.3) is 0 Å². The number of hydrogen-bond donors (Lipinski definition) is 1. The minimum absolute atomic E-state index is 0.0660. The molecule has 0 aromatic carbocycles. The molecule has 1 saturated heterocycles. The van der Waals surface area contributed by atoms with E-state index in [2.05, 4.69) is 15.2 Å². The lowest BCUT2D eigenvalue weighted by Gasteiger charge is -2.32. The van der Waals surface area contributed by atoms with E-state index in [0.29, 0.717) is 6.04 Å². The Labute approximate surface area is 95.7 Å². The molecule has 2 heterocycles. The predicted molar refractivity (Wildman–Crippen MR) is 63.3 cm³/mol. The number of nitrogens with zero attached hydrogens (tertiary/aromatic N) is 2. The lowest BCUT2D eigenvalue weighted by atomic mass is 10.1. The summed E-state index contributed by atoms with van der Waals surface area (Å²) >= 11 is 0. The summed E-state index contributed by atoms with van der Waals surface area (Å²) in [6.45, 7) is 3.50. The van der Waals surface area contributed by atoms with Gasteiger partial charge in [0.1, 0.15) is 5.82 Å². The molecule has 2 rings (SSSR count).